The van der Waals surface area contributed by atoms with Crippen molar-refractivity contribution in [2.24, 2.45) is 10.8 Å². The highest BCUT2D eigenvalue weighted by molar-refractivity contribution is 6.21. The van der Waals surface area contributed by atoms with E-state index in [1.807, 2.05) is 13.8 Å². The lowest BCUT2D eigenvalue weighted by Gasteiger charge is -2.40. The van der Waals surface area contributed by atoms with Gasteiger partial charge in [-0.3, -0.25) is 29.0 Å². The SMILES string of the molecule is C[C@@]12CCCC[C@]1(C)C(=O)N(CCC[N+](C)(C)CCCCCC[N+](C)(C)CCCN1C(=O)c3ccccc3C1=O)C2=O.[Br-].[Br-]. The molecule has 2 heterocycles. The number of hydrogen-bond donors (Lipinski definition) is 0. The zero-order chi connectivity index (χ0) is 30.8. The van der Waals surface area contributed by atoms with Crippen molar-refractivity contribution in [2.75, 3.05) is 67.5 Å². The van der Waals surface area contributed by atoms with Gasteiger partial charge in [0.1, 0.15) is 0 Å². The van der Waals surface area contributed by atoms with Crippen molar-refractivity contribution in [1.29, 1.82) is 0 Å². The lowest BCUT2D eigenvalue weighted by Crippen LogP contribution is -3.00. The minimum Gasteiger partial charge on any atom is -1.00 e. The van der Waals surface area contributed by atoms with Crippen molar-refractivity contribution >= 4 is 23.6 Å². The van der Waals surface area contributed by atoms with Crippen LogP contribution in [0.2, 0.25) is 0 Å². The summed E-state index contributed by atoms with van der Waals surface area (Å²) in [6.45, 7) is 9.12. The summed E-state index contributed by atoms with van der Waals surface area (Å²) >= 11 is 0. The summed E-state index contributed by atoms with van der Waals surface area (Å²) in [6.07, 6.45) is 10.1. The monoisotopic (exact) mass is 740 g/mol. The molecule has 248 valence electrons. The van der Waals surface area contributed by atoms with E-state index in [0.29, 0.717) is 24.2 Å². The number of amides is 4. The van der Waals surface area contributed by atoms with Crippen molar-refractivity contribution in [3.63, 3.8) is 0 Å². The highest BCUT2D eigenvalue weighted by atomic mass is 79.9. The van der Waals surface area contributed by atoms with E-state index in [2.05, 4.69) is 28.2 Å². The van der Waals surface area contributed by atoms with Gasteiger partial charge in [0.05, 0.1) is 76.3 Å². The summed E-state index contributed by atoms with van der Waals surface area (Å²) in [5, 5.41) is 0. The van der Waals surface area contributed by atoms with Crippen LogP contribution in [0.15, 0.2) is 24.3 Å². The maximum Gasteiger partial charge on any atom is 0.261 e. The fraction of sp³-hybridized carbons (Fsp3) is 0.706. The molecule has 1 aromatic carbocycles. The summed E-state index contributed by atoms with van der Waals surface area (Å²) in [6, 6.07) is 7.08. The van der Waals surface area contributed by atoms with Crippen LogP contribution < -0.4 is 34.0 Å². The van der Waals surface area contributed by atoms with Gasteiger partial charge in [0.25, 0.3) is 11.8 Å². The van der Waals surface area contributed by atoms with Gasteiger partial charge in [-0.15, -0.1) is 0 Å². The molecule has 2 atom stereocenters. The van der Waals surface area contributed by atoms with Crippen LogP contribution in [0.4, 0.5) is 0 Å². The van der Waals surface area contributed by atoms with Crippen molar-refractivity contribution in [1.82, 2.24) is 9.80 Å². The van der Waals surface area contributed by atoms with E-state index in [9.17, 15) is 19.2 Å². The first kappa shape index (κ1) is 38.6. The van der Waals surface area contributed by atoms with Crippen LogP contribution in [-0.4, -0.2) is 110 Å². The Kier molecular flexibility index (Phi) is 13.4. The van der Waals surface area contributed by atoms with E-state index in [1.54, 1.807) is 29.2 Å². The maximum atomic E-state index is 13.2. The molecular weight excluding hydrogens is 688 g/mol. The number of imide groups is 2. The number of quaternary nitrogens is 2. The normalized spacial score (nSPS) is 23.4. The van der Waals surface area contributed by atoms with Gasteiger partial charge < -0.3 is 42.9 Å². The van der Waals surface area contributed by atoms with Gasteiger partial charge in [0.15, 0.2) is 0 Å². The molecule has 0 bridgehead atoms. The fourth-order valence-electron chi connectivity index (χ4n) is 7.50. The van der Waals surface area contributed by atoms with Crippen LogP contribution in [0.25, 0.3) is 0 Å². The van der Waals surface area contributed by atoms with Crippen LogP contribution in [0.1, 0.15) is 98.8 Å². The highest BCUT2D eigenvalue weighted by Gasteiger charge is 2.64. The zero-order valence-corrected chi connectivity index (χ0v) is 31.0. The van der Waals surface area contributed by atoms with Crippen LogP contribution in [-0.2, 0) is 9.59 Å². The van der Waals surface area contributed by atoms with Gasteiger partial charge in [-0.25, -0.2) is 0 Å². The van der Waals surface area contributed by atoms with Crippen LogP contribution in [0.5, 0.6) is 0 Å². The number of unbranched alkanes of at least 4 members (excludes halogenated alkanes) is 3. The fourth-order valence-corrected chi connectivity index (χ4v) is 7.50. The molecule has 1 aromatic rings. The van der Waals surface area contributed by atoms with Gasteiger partial charge in [-0.2, -0.15) is 0 Å². The molecule has 1 saturated carbocycles. The number of hydrogen-bond acceptors (Lipinski definition) is 4. The van der Waals surface area contributed by atoms with Gasteiger partial charge >= 0.3 is 0 Å². The Balaban J connectivity index is 0.00000337. The van der Waals surface area contributed by atoms with Gasteiger partial charge in [-0.05, 0) is 64.5 Å². The molecule has 0 N–H and O–H groups in total. The molecule has 8 nitrogen and oxygen atoms in total. The Morgan fingerprint density at radius 3 is 1.36 bits per heavy atom. The summed E-state index contributed by atoms with van der Waals surface area (Å²) in [7, 11) is 8.97. The number of likely N-dealkylation sites (tertiary alicyclic amines) is 1. The summed E-state index contributed by atoms with van der Waals surface area (Å²) in [4.78, 5) is 54.6. The largest absolute Gasteiger partial charge is 1.00 e. The Morgan fingerprint density at radius 2 is 0.955 bits per heavy atom. The third kappa shape index (κ3) is 8.02. The van der Waals surface area contributed by atoms with Crippen LogP contribution in [0, 0.1) is 10.8 Å². The van der Waals surface area contributed by atoms with E-state index in [0.717, 1.165) is 86.5 Å². The summed E-state index contributed by atoms with van der Waals surface area (Å²) < 4.78 is 1.79. The number of fused-ring (bicyclic) bond motifs is 2. The Hall–Kier alpha value is -1.62. The third-order valence-corrected chi connectivity index (χ3v) is 10.7. The standard InChI is InChI=1S/C34H54N4O4.2BrH/c1-33-19-11-12-20-34(33,2)32(42)36(31(33)41)22-16-26-38(5,6)24-14-8-7-13-23-37(3,4)25-15-21-35-29(39)27-17-9-10-18-28(27)30(35)40;;/h9-10,17-18H,7-8,11-16,19-26H2,1-6H3;2*1H/q+2;;/p-2/t33-,34+;;. The number of carbonyl (C=O) groups is 4. The molecule has 0 spiro atoms. The smallest absolute Gasteiger partial charge is 0.261 e. The number of carbonyl (C=O) groups excluding carboxylic acids is 4. The molecule has 0 aromatic heterocycles. The maximum absolute atomic E-state index is 13.2. The molecule has 4 amide bonds. The van der Waals surface area contributed by atoms with Crippen molar-refractivity contribution < 1.29 is 62.1 Å². The van der Waals surface area contributed by atoms with Gasteiger partial charge in [0, 0.05) is 25.9 Å². The van der Waals surface area contributed by atoms with Crippen molar-refractivity contribution in [3.05, 3.63) is 35.4 Å². The zero-order valence-electron chi connectivity index (χ0n) is 27.8. The predicted octanol–water partition coefficient (Wildman–Crippen LogP) is -1.26. The van der Waals surface area contributed by atoms with Crippen molar-refractivity contribution in [3.8, 4) is 0 Å². The summed E-state index contributed by atoms with van der Waals surface area (Å²) in [5.74, 6) is -0.210. The molecule has 1 saturated heterocycles. The van der Waals surface area contributed by atoms with E-state index in [1.165, 1.54) is 17.7 Å². The molecule has 10 heteroatoms. The number of benzene rings is 1. The Bertz CT molecular complexity index is 1140. The molecule has 3 aliphatic rings. The quantitative estimate of drug-likeness (QED) is 0.128. The molecule has 1 aliphatic carbocycles. The summed E-state index contributed by atoms with van der Waals surface area (Å²) in [5.41, 5.74) is 0.0178. The van der Waals surface area contributed by atoms with E-state index >= 15 is 0 Å². The number of rotatable bonds is 15. The molecule has 4 rings (SSSR count). The van der Waals surface area contributed by atoms with Gasteiger partial charge in [-0.1, -0.05) is 25.0 Å². The highest BCUT2D eigenvalue weighted by Crippen LogP contribution is 2.56. The first-order valence-electron chi connectivity index (χ1n) is 16.2. The van der Waals surface area contributed by atoms with Crippen molar-refractivity contribution in [2.45, 2.75) is 78.1 Å². The second kappa shape index (κ2) is 15.3. The molecule has 44 heavy (non-hydrogen) atoms. The van der Waals surface area contributed by atoms with E-state index in [4.69, 9.17) is 0 Å². The Morgan fingerprint density at radius 1 is 0.591 bits per heavy atom. The lowest BCUT2D eigenvalue weighted by molar-refractivity contribution is -0.891. The number of nitrogens with zero attached hydrogens (tertiary/aromatic N) is 4. The lowest BCUT2D eigenvalue weighted by atomic mass is 9.59. The van der Waals surface area contributed by atoms with Crippen LogP contribution in [0.3, 0.4) is 0 Å². The van der Waals surface area contributed by atoms with E-state index < -0.39 is 10.8 Å². The minimum absolute atomic E-state index is 0. The second-order valence-electron chi connectivity index (χ2n) is 14.8. The number of halogens is 2. The average Bonchev–Trinajstić information content (AvgIpc) is 3.26. The minimum atomic E-state index is -0.515. The molecule has 0 unspecified atom stereocenters. The third-order valence-electron chi connectivity index (χ3n) is 10.7. The van der Waals surface area contributed by atoms with E-state index in [-0.39, 0.29) is 57.6 Å². The molecule has 2 aliphatic heterocycles. The average molecular weight is 743 g/mol. The first-order valence-corrected chi connectivity index (χ1v) is 16.2. The predicted molar refractivity (Wildman–Crippen MR) is 165 cm³/mol. The molecular formula is C34H54Br2N4O4. The first-order chi connectivity index (χ1) is 19.7. The second-order valence-corrected chi connectivity index (χ2v) is 14.8. The molecule has 0 radical (unpaired) electrons. The Labute approximate surface area is 286 Å². The molecule has 2 fully saturated rings. The van der Waals surface area contributed by atoms with Crippen LogP contribution >= 0.6 is 0 Å². The topological polar surface area (TPSA) is 74.8 Å². The van der Waals surface area contributed by atoms with Gasteiger partial charge in [0.2, 0.25) is 11.8 Å².